The molecule has 2 rings (SSSR count). The normalized spacial score (nSPS) is 23.5. The molecule has 3 atom stereocenters. The molecule has 0 spiro atoms. The van der Waals surface area contributed by atoms with Crippen molar-refractivity contribution in [2.45, 2.75) is 65.5 Å². The van der Waals surface area contributed by atoms with Crippen LogP contribution in [0.25, 0.3) is 0 Å². The molecule has 2 nitrogen and oxygen atoms in total. The van der Waals surface area contributed by atoms with Crippen molar-refractivity contribution in [2.24, 2.45) is 11.8 Å². The third-order valence-electron chi connectivity index (χ3n) is 4.67. The molecule has 1 fully saturated rings. The fourth-order valence-electron chi connectivity index (χ4n) is 3.64. The van der Waals surface area contributed by atoms with Crippen molar-refractivity contribution < 1.29 is 4.74 Å². The van der Waals surface area contributed by atoms with E-state index in [1.807, 2.05) is 0 Å². The molecule has 1 aliphatic rings. The second-order valence-corrected chi connectivity index (χ2v) is 6.59. The van der Waals surface area contributed by atoms with Gasteiger partial charge in [0.25, 0.3) is 0 Å². The van der Waals surface area contributed by atoms with E-state index in [1.54, 1.807) is 0 Å². The average Bonchev–Trinajstić information content (AvgIpc) is 2.94. The molecule has 0 radical (unpaired) electrons. The standard InChI is InChI=1S/C19H31NO/c1-5-15-11-12-16(13-15)19(20-6-2)17-9-7-8-10-18(17)21-14(3)4/h7-10,14-16,19-20H,5-6,11-13H2,1-4H3. The third kappa shape index (κ3) is 4.23. The topological polar surface area (TPSA) is 21.3 Å². The third-order valence-corrected chi connectivity index (χ3v) is 4.67. The first kappa shape index (κ1) is 16.4. The monoisotopic (exact) mass is 289 g/mol. The molecule has 0 amide bonds. The molecule has 1 aromatic rings. The summed E-state index contributed by atoms with van der Waals surface area (Å²) in [5, 5.41) is 3.72. The van der Waals surface area contributed by atoms with Gasteiger partial charge in [0, 0.05) is 11.6 Å². The van der Waals surface area contributed by atoms with Gasteiger partial charge in [0.15, 0.2) is 0 Å². The van der Waals surface area contributed by atoms with Crippen LogP contribution in [0.3, 0.4) is 0 Å². The molecule has 0 heterocycles. The van der Waals surface area contributed by atoms with Crippen LogP contribution in [0.1, 0.15) is 65.0 Å². The molecule has 21 heavy (non-hydrogen) atoms. The van der Waals surface area contributed by atoms with Crippen LogP contribution in [0.2, 0.25) is 0 Å². The van der Waals surface area contributed by atoms with Crippen molar-refractivity contribution in [3.63, 3.8) is 0 Å². The van der Waals surface area contributed by atoms with E-state index in [0.29, 0.717) is 6.04 Å². The number of hydrogen-bond donors (Lipinski definition) is 1. The minimum absolute atomic E-state index is 0.223. The molecule has 118 valence electrons. The second-order valence-electron chi connectivity index (χ2n) is 6.59. The number of hydrogen-bond acceptors (Lipinski definition) is 2. The number of para-hydroxylation sites is 1. The number of rotatable bonds is 7. The Bertz CT molecular complexity index is 429. The summed E-state index contributed by atoms with van der Waals surface area (Å²) < 4.78 is 6.05. The van der Waals surface area contributed by atoms with Crippen molar-refractivity contribution in [1.29, 1.82) is 0 Å². The second kappa shape index (κ2) is 7.84. The van der Waals surface area contributed by atoms with Gasteiger partial charge in [0.1, 0.15) is 5.75 Å². The van der Waals surface area contributed by atoms with Gasteiger partial charge in [-0.15, -0.1) is 0 Å². The highest BCUT2D eigenvalue weighted by Crippen LogP contribution is 2.42. The summed E-state index contributed by atoms with van der Waals surface area (Å²) in [5.41, 5.74) is 1.34. The van der Waals surface area contributed by atoms with Gasteiger partial charge in [-0.3, -0.25) is 0 Å². The van der Waals surface area contributed by atoms with Gasteiger partial charge in [-0.05, 0) is 51.1 Å². The summed E-state index contributed by atoms with van der Waals surface area (Å²) in [7, 11) is 0. The van der Waals surface area contributed by atoms with E-state index in [1.165, 1.54) is 31.2 Å². The lowest BCUT2D eigenvalue weighted by Crippen LogP contribution is -2.28. The molecule has 3 unspecified atom stereocenters. The Hall–Kier alpha value is -1.02. The first-order valence-electron chi connectivity index (χ1n) is 8.64. The molecule has 1 aliphatic carbocycles. The summed E-state index contributed by atoms with van der Waals surface area (Å²) in [6.07, 6.45) is 5.62. The Morgan fingerprint density at radius 1 is 1.19 bits per heavy atom. The van der Waals surface area contributed by atoms with Crippen LogP contribution in [0, 0.1) is 11.8 Å². The zero-order chi connectivity index (χ0) is 15.2. The number of benzene rings is 1. The SMILES string of the molecule is CCNC(c1ccccc1OC(C)C)C1CCC(CC)C1. The summed E-state index contributed by atoms with van der Waals surface area (Å²) in [5.74, 6) is 2.71. The van der Waals surface area contributed by atoms with Crippen molar-refractivity contribution >= 4 is 0 Å². The molecule has 0 saturated heterocycles. The van der Waals surface area contributed by atoms with Crippen LogP contribution >= 0.6 is 0 Å². The zero-order valence-corrected chi connectivity index (χ0v) is 14.1. The van der Waals surface area contributed by atoms with Gasteiger partial charge in [-0.1, -0.05) is 44.9 Å². The first-order chi connectivity index (χ1) is 10.2. The van der Waals surface area contributed by atoms with Crippen LogP contribution < -0.4 is 10.1 Å². The number of nitrogens with one attached hydrogen (secondary N) is 1. The van der Waals surface area contributed by atoms with Crippen LogP contribution in [-0.4, -0.2) is 12.6 Å². The summed E-state index contributed by atoms with van der Waals surface area (Å²) in [6.45, 7) is 9.73. The van der Waals surface area contributed by atoms with Crippen LogP contribution in [-0.2, 0) is 0 Å². The van der Waals surface area contributed by atoms with Gasteiger partial charge in [0.2, 0.25) is 0 Å². The fourth-order valence-corrected chi connectivity index (χ4v) is 3.64. The largest absolute Gasteiger partial charge is 0.491 e. The highest BCUT2D eigenvalue weighted by Gasteiger charge is 2.31. The summed E-state index contributed by atoms with van der Waals surface area (Å²) >= 11 is 0. The minimum Gasteiger partial charge on any atom is -0.491 e. The summed E-state index contributed by atoms with van der Waals surface area (Å²) in [6, 6.07) is 9.00. The molecule has 2 heteroatoms. The molecule has 0 bridgehead atoms. The maximum Gasteiger partial charge on any atom is 0.124 e. The number of ether oxygens (including phenoxy) is 1. The molecule has 1 N–H and O–H groups in total. The molecule has 1 saturated carbocycles. The predicted molar refractivity (Wildman–Crippen MR) is 89.7 cm³/mol. The van der Waals surface area contributed by atoms with Gasteiger partial charge in [-0.2, -0.15) is 0 Å². The van der Waals surface area contributed by atoms with E-state index >= 15 is 0 Å². The van der Waals surface area contributed by atoms with Crippen molar-refractivity contribution in [2.75, 3.05) is 6.54 Å². The molecule has 0 aliphatic heterocycles. The maximum atomic E-state index is 6.05. The van der Waals surface area contributed by atoms with E-state index in [-0.39, 0.29) is 6.10 Å². The van der Waals surface area contributed by atoms with E-state index in [2.05, 4.69) is 57.3 Å². The highest BCUT2D eigenvalue weighted by molar-refractivity contribution is 5.36. The van der Waals surface area contributed by atoms with Crippen molar-refractivity contribution in [3.05, 3.63) is 29.8 Å². The van der Waals surface area contributed by atoms with Gasteiger partial charge < -0.3 is 10.1 Å². The molecule has 0 aromatic heterocycles. The van der Waals surface area contributed by atoms with Crippen molar-refractivity contribution in [1.82, 2.24) is 5.32 Å². The average molecular weight is 289 g/mol. The Labute approximate surface area is 130 Å². The van der Waals surface area contributed by atoms with Crippen LogP contribution in [0.4, 0.5) is 0 Å². The maximum absolute atomic E-state index is 6.05. The van der Waals surface area contributed by atoms with Crippen molar-refractivity contribution in [3.8, 4) is 5.75 Å². The van der Waals surface area contributed by atoms with Gasteiger partial charge >= 0.3 is 0 Å². The lowest BCUT2D eigenvalue weighted by atomic mass is 9.89. The Balaban J connectivity index is 2.22. The molecular formula is C19H31NO. The van der Waals surface area contributed by atoms with E-state index < -0.39 is 0 Å². The lowest BCUT2D eigenvalue weighted by molar-refractivity contribution is 0.233. The Morgan fingerprint density at radius 3 is 2.57 bits per heavy atom. The van der Waals surface area contributed by atoms with Crippen LogP contribution in [0.15, 0.2) is 24.3 Å². The Morgan fingerprint density at radius 2 is 1.95 bits per heavy atom. The zero-order valence-electron chi connectivity index (χ0n) is 14.1. The predicted octanol–water partition coefficient (Wildman–Crippen LogP) is 4.95. The van der Waals surface area contributed by atoms with E-state index in [0.717, 1.165) is 24.1 Å². The molecule has 1 aromatic carbocycles. The van der Waals surface area contributed by atoms with Gasteiger partial charge in [-0.25, -0.2) is 0 Å². The van der Waals surface area contributed by atoms with E-state index in [9.17, 15) is 0 Å². The molecular weight excluding hydrogens is 258 g/mol. The highest BCUT2D eigenvalue weighted by atomic mass is 16.5. The van der Waals surface area contributed by atoms with Crippen LogP contribution in [0.5, 0.6) is 5.75 Å². The smallest absolute Gasteiger partial charge is 0.124 e. The first-order valence-corrected chi connectivity index (χ1v) is 8.64. The van der Waals surface area contributed by atoms with E-state index in [4.69, 9.17) is 4.74 Å². The fraction of sp³-hybridized carbons (Fsp3) is 0.684. The lowest BCUT2D eigenvalue weighted by Gasteiger charge is -2.27. The minimum atomic E-state index is 0.223. The Kier molecular flexibility index (Phi) is 6.10. The quantitative estimate of drug-likeness (QED) is 0.766. The van der Waals surface area contributed by atoms with Gasteiger partial charge in [0.05, 0.1) is 6.10 Å². The summed E-state index contributed by atoms with van der Waals surface area (Å²) in [4.78, 5) is 0.